The fraction of sp³-hybridized carbons (Fsp3) is 0.476. The molecule has 3 unspecified atom stereocenters. The van der Waals surface area contributed by atoms with E-state index in [1.807, 2.05) is 6.92 Å². The highest BCUT2D eigenvalue weighted by molar-refractivity contribution is 6.19. The molecule has 0 aromatic heterocycles. The fourth-order valence-electron chi connectivity index (χ4n) is 4.04. The van der Waals surface area contributed by atoms with Crippen LogP contribution in [0.25, 0.3) is 0 Å². The first kappa shape index (κ1) is 21.0. The first-order valence-corrected chi connectivity index (χ1v) is 9.64. The number of primary amides is 1. The Morgan fingerprint density at radius 1 is 1.41 bits per heavy atom. The highest BCUT2D eigenvalue weighted by atomic mass is 19.1. The third-order valence-corrected chi connectivity index (χ3v) is 5.67. The number of carbonyl (C=O) groups excluding carboxylic acids is 3. The van der Waals surface area contributed by atoms with E-state index in [1.165, 1.54) is 24.1 Å². The van der Waals surface area contributed by atoms with Gasteiger partial charge in [-0.25, -0.2) is 4.39 Å². The summed E-state index contributed by atoms with van der Waals surface area (Å²) in [6.07, 6.45) is 1.91. The number of rotatable bonds is 7. The van der Waals surface area contributed by atoms with Gasteiger partial charge in [0.1, 0.15) is 11.4 Å². The molecule has 1 heterocycles. The number of nitrogens with two attached hydrogens (primary N) is 1. The van der Waals surface area contributed by atoms with Crippen molar-refractivity contribution in [3.8, 4) is 0 Å². The second-order valence-corrected chi connectivity index (χ2v) is 7.62. The molecule has 1 aliphatic carbocycles. The van der Waals surface area contributed by atoms with Crippen LogP contribution >= 0.6 is 0 Å². The number of ether oxygens (including phenoxy) is 1. The zero-order valence-electron chi connectivity index (χ0n) is 16.8. The Morgan fingerprint density at radius 2 is 2.14 bits per heavy atom. The Bertz CT molecular complexity index is 885. The molecule has 1 aromatic carbocycles. The van der Waals surface area contributed by atoms with E-state index in [0.717, 1.165) is 0 Å². The maximum absolute atomic E-state index is 13.6. The van der Waals surface area contributed by atoms with Crippen LogP contribution in [0.5, 0.6) is 0 Å². The average molecular weight is 403 g/mol. The van der Waals surface area contributed by atoms with Crippen molar-refractivity contribution in [2.24, 2.45) is 17.1 Å². The van der Waals surface area contributed by atoms with Crippen molar-refractivity contribution in [3.05, 3.63) is 46.8 Å². The summed E-state index contributed by atoms with van der Waals surface area (Å²) in [5.41, 5.74) is 5.64. The molecule has 1 aliphatic heterocycles. The van der Waals surface area contributed by atoms with Crippen LogP contribution in [0.15, 0.2) is 29.8 Å². The van der Waals surface area contributed by atoms with Crippen LogP contribution in [-0.2, 0) is 25.7 Å². The highest BCUT2D eigenvalue weighted by Crippen LogP contribution is 2.51. The quantitative estimate of drug-likeness (QED) is 0.665. The highest BCUT2D eigenvalue weighted by Gasteiger charge is 2.59. The van der Waals surface area contributed by atoms with Gasteiger partial charge in [-0.1, -0.05) is 12.1 Å². The molecular formula is C21H26FN3O4. The number of halogens is 1. The van der Waals surface area contributed by atoms with E-state index in [4.69, 9.17) is 10.5 Å². The minimum absolute atomic E-state index is 0.0479. The molecule has 0 bridgehead atoms. The molecule has 8 heteroatoms. The van der Waals surface area contributed by atoms with Crippen molar-refractivity contribution in [2.75, 3.05) is 20.2 Å². The van der Waals surface area contributed by atoms with E-state index in [0.29, 0.717) is 24.2 Å². The van der Waals surface area contributed by atoms with Crippen LogP contribution in [0.4, 0.5) is 4.39 Å². The molecule has 1 saturated carbocycles. The number of aryl methyl sites for hydroxylation is 1. The predicted octanol–water partition coefficient (Wildman–Crippen LogP) is 1.05. The molecule has 7 nitrogen and oxygen atoms in total. The molecule has 0 spiro atoms. The van der Waals surface area contributed by atoms with Crippen molar-refractivity contribution < 1.29 is 23.5 Å². The average Bonchev–Trinajstić information content (AvgIpc) is 3.45. The van der Waals surface area contributed by atoms with E-state index >= 15 is 0 Å². The SMILES string of the molecule is CCOC1CC1C1(C(N)=O)C=C(C(=O)NC)C(=O)N(Cc2ccc(F)c(C)c2)C1. The number of amides is 3. The van der Waals surface area contributed by atoms with E-state index in [9.17, 15) is 18.8 Å². The second-order valence-electron chi connectivity index (χ2n) is 7.62. The Hall–Kier alpha value is -2.74. The van der Waals surface area contributed by atoms with Gasteiger partial charge in [-0.05, 0) is 43.5 Å². The summed E-state index contributed by atoms with van der Waals surface area (Å²) in [6.45, 7) is 4.18. The zero-order valence-corrected chi connectivity index (χ0v) is 16.8. The van der Waals surface area contributed by atoms with E-state index < -0.39 is 23.1 Å². The number of hydrogen-bond donors (Lipinski definition) is 2. The van der Waals surface area contributed by atoms with Crippen molar-refractivity contribution in [1.82, 2.24) is 10.2 Å². The normalized spacial score (nSPS) is 26.1. The van der Waals surface area contributed by atoms with Gasteiger partial charge in [0.05, 0.1) is 11.5 Å². The monoisotopic (exact) mass is 403 g/mol. The van der Waals surface area contributed by atoms with Crippen molar-refractivity contribution in [1.29, 1.82) is 0 Å². The number of carbonyl (C=O) groups is 3. The summed E-state index contributed by atoms with van der Waals surface area (Å²) < 4.78 is 19.3. The third kappa shape index (κ3) is 3.89. The molecule has 156 valence electrons. The summed E-state index contributed by atoms with van der Waals surface area (Å²) in [5.74, 6) is -2.20. The van der Waals surface area contributed by atoms with E-state index in [-0.39, 0.29) is 36.5 Å². The van der Waals surface area contributed by atoms with Crippen molar-refractivity contribution >= 4 is 17.7 Å². The van der Waals surface area contributed by atoms with Gasteiger partial charge in [-0.2, -0.15) is 0 Å². The molecule has 0 saturated heterocycles. The maximum Gasteiger partial charge on any atom is 0.259 e. The van der Waals surface area contributed by atoms with Gasteiger partial charge in [0.25, 0.3) is 11.8 Å². The molecule has 3 amide bonds. The van der Waals surface area contributed by atoms with Crippen molar-refractivity contribution in [2.45, 2.75) is 32.9 Å². The summed E-state index contributed by atoms with van der Waals surface area (Å²) in [7, 11) is 1.42. The maximum atomic E-state index is 13.6. The number of hydrogen-bond acceptors (Lipinski definition) is 4. The zero-order chi connectivity index (χ0) is 21.3. The third-order valence-electron chi connectivity index (χ3n) is 5.67. The molecule has 2 aliphatic rings. The van der Waals surface area contributed by atoms with Gasteiger partial charge in [-0.3, -0.25) is 14.4 Å². The van der Waals surface area contributed by atoms with Gasteiger partial charge in [0, 0.05) is 32.7 Å². The minimum Gasteiger partial charge on any atom is -0.378 e. The summed E-state index contributed by atoms with van der Waals surface area (Å²) in [6, 6.07) is 4.56. The molecule has 1 aromatic rings. The molecule has 1 fully saturated rings. The lowest BCUT2D eigenvalue weighted by molar-refractivity contribution is -0.137. The van der Waals surface area contributed by atoms with Crippen LogP contribution in [0.1, 0.15) is 24.5 Å². The van der Waals surface area contributed by atoms with E-state index in [1.54, 1.807) is 19.1 Å². The Balaban J connectivity index is 1.99. The minimum atomic E-state index is -1.19. The largest absolute Gasteiger partial charge is 0.378 e. The van der Waals surface area contributed by atoms with Crippen molar-refractivity contribution in [3.63, 3.8) is 0 Å². The number of benzene rings is 1. The van der Waals surface area contributed by atoms with E-state index in [2.05, 4.69) is 5.32 Å². The number of nitrogens with zero attached hydrogens (tertiary/aromatic N) is 1. The molecule has 29 heavy (non-hydrogen) atoms. The fourth-order valence-corrected chi connectivity index (χ4v) is 4.04. The topological polar surface area (TPSA) is 102 Å². The van der Waals surface area contributed by atoms with Gasteiger partial charge >= 0.3 is 0 Å². The first-order chi connectivity index (χ1) is 13.7. The van der Waals surface area contributed by atoms with Gasteiger partial charge in [0.15, 0.2) is 0 Å². The standard InChI is InChI=1S/C21H26FN3O4/c1-4-29-17-8-15(17)21(20(23)28)9-14(18(26)24-3)19(27)25(11-21)10-13-5-6-16(22)12(2)7-13/h5-7,9,15,17H,4,8,10-11H2,1-3H3,(H2,23,28)(H,24,26). The van der Waals surface area contributed by atoms with Crippen LogP contribution in [0.2, 0.25) is 0 Å². The molecular weight excluding hydrogens is 377 g/mol. The second kappa shape index (κ2) is 7.94. The Kier molecular flexibility index (Phi) is 5.75. The lowest BCUT2D eigenvalue weighted by Crippen LogP contribution is -2.54. The molecule has 3 rings (SSSR count). The smallest absolute Gasteiger partial charge is 0.259 e. The number of nitrogens with one attached hydrogen (secondary N) is 1. The van der Waals surface area contributed by atoms with Crippen LogP contribution < -0.4 is 11.1 Å². The summed E-state index contributed by atoms with van der Waals surface area (Å²) >= 11 is 0. The lowest BCUT2D eigenvalue weighted by Gasteiger charge is -2.39. The Labute approximate surface area is 169 Å². The van der Waals surface area contributed by atoms with Gasteiger partial charge in [-0.15, -0.1) is 0 Å². The van der Waals surface area contributed by atoms with Crippen LogP contribution in [0, 0.1) is 24.1 Å². The molecule has 0 radical (unpaired) electrons. The summed E-state index contributed by atoms with van der Waals surface area (Å²) in [5, 5.41) is 2.45. The van der Waals surface area contributed by atoms with Crippen LogP contribution in [-0.4, -0.2) is 48.9 Å². The Morgan fingerprint density at radius 3 is 2.72 bits per heavy atom. The summed E-state index contributed by atoms with van der Waals surface area (Å²) in [4.78, 5) is 39.4. The lowest BCUT2D eigenvalue weighted by atomic mass is 9.76. The predicted molar refractivity (Wildman–Crippen MR) is 104 cm³/mol. The number of likely N-dealkylation sites (N-methyl/N-ethyl adjacent to an activating group) is 1. The van der Waals surface area contributed by atoms with Crippen LogP contribution in [0.3, 0.4) is 0 Å². The van der Waals surface area contributed by atoms with Gasteiger partial charge in [0.2, 0.25) is 5.91 Å². The molecule has 3 N–H and O–H groups in total. The molecule has 3 atom stereocenters. The first-order valence-electron chi connectivity index (χ1n) is 9.64. The van der Waals surface area contributed by atoms with Gasteiger partial charge < -0.3 is 20.7 Å².